The number of halogens is 1. The Kier molecular flexibility index (Phi) is 4.03. The van der Waals surface area contributed by atoms with Gasteiger partial charge in [-0.3, -0.25) is 0 Å². The molecule has 0 amide bonds. The van der Waals surface area contributed by atoms with E-state index in [0.29, 0.717) is 5.41 Å². The van der Waals surface area contributed by atoms with Crippen molar-refractivity contribution in [1.82, 2.24) is 0 Å². The Morgan fingerprint density at radius 2 is 2.12 bits per heavy atom. The van der Waals surface area contributed by atoms with E-state index in [9.17, 15) is 4.39 Å². The monoisotopic (exact) mass is 235 g/mol. The molecule has 0 radical (unpaired) electrons. The van der Waals surface area contributed by atoms with Crippen molar-refractivity contribution >= 4 is 5.69 Å². The molecule has 0 aromatic heterocycles. The fourth-order valence-electron chi connectivity index (χ4n) is 2.54. The molecule has 1 aliphatic rings. The first-order valence-electron chi connectivity index (χ1n) is 6.67. The van der Waals surface area contributed by atoms with Crippen LogP contribution >= 0.6 is 0 Å². The lowest BCUT2D eigenvalue weighted by Crippen LogP contribution is -2.25. The second-order valence-corrected chi connectivity index (χ2v) is 5.56. The summed E-state index contributed by atoms with van der Waals surface area (Å²) in [7, 11) is 0. The molecule has 94 valence electrons. The topological polar surface area (TPSA) is 12.0 Å². The van der Waals surface area contributed by atoms with E-state index in [2.05, 4.69) is 12.2 Å². The molecule has 1 saturated carbocycles. The molecule has 1 aliphatic carbocycles. The summed E-state index contributed by atoms with van der Waals surface area (Å²) in [6, 6.07) is 6.68. The first-order valence-corrected chi connectivity index (χ1v) is 6.67. The van der Waals surface area contributed by atoms with Crippen molar-refractivity contribution in [3.63, 3.8) is 0 Å². The van der Waals surface area contributed by atoms with E-state index in [1.165, 1.54) is 44.6 Å². The van der Waals surface area contributed by atoms with Crippen molar-refractivity contribution in [2.45, 2.75) is 45.4 Å². The predicted molar refractivity (Wildman–Crippen MR) is 70.7 cm³/mol. The molecule has 0 aliphatic heterocycles. The average Bonchev–Trinajstić information content (AvgIpc) is 2.26. The SMILES string of the molecule is CC1(CCCCNc2cccc(F)c2)CCC1. The summed E-state index contributed by atoms with van der Waals surface area (Å²) < 4.78 is 12.9. The zero-order valence-electron chi connectivity index (χ0n) is 10.6. The van der Waals surface area contributed by atoms with Gasteiger partial charge in [0.1, 0.15) is 5.82 Å². The summed E-state index contributed by atoms with van der Waals surface area (Å²) in [5.41, 5.74) is 1.53. The molecule has 1 fully saturated rings. The quantitative estimate of drug-likeness (QED) is 0.711. The van der Waals surface area contributed by atoms with E-state index in [-0.39, 0.29) is 5.82 Å². The van der Waals surface area contributed by atoms with Gasteiger partial charge in [0.15, 0.2) is 0 Å². The molecule has 0 bridgehead atoms. The predicted octanol–water partition coefficient (Wildman–Crippen LogP) is 4.60. The van der Waals surface area contributed by atoms with Crippen LogP contribution in [0, 0.1) is 11.2 Å². The van der Waals surface area contributed by atoms with Gasteiger partial charge in [0.2, 0.25) is 0 Å². The Bertz CT molecular complexity index is 358. The smallest absolute Gasteiger partial charge is 0.125 e. The maximum Gasteiger partial charge on any atom is 0.125 e. The van der Waals surface area contributed by atoms with Gasteiger partial charge in [0.05, 0.1) is 0 Å². The molecule has 1 N–H and O–H groups in total. The summed E-state index contributed by atoms with van der Waals surface area (Å²) in [4.78, 5) is 0. The maximum atomic E-state index is 12.9. The summed E-state index contributed by atoms with van der Waals surface area (Å²) in [6.45, 7) is 3.34. The van der Waals surface area contributed by atoms with Crippen LogP contribution in [0.3, 0.4) is 0 Å². The van der Waals surface area contributed by atoms with Crippen molar-refractivity contribution in [3.8, 4) is 0 Å². The molecular weight excluding hydrogens is 213 g/mol. The van der Waals surface area contributed by atoms with E-state index in [1.807, 2.05) is 6.07 Å². The normalized spacial score (nSPS) is 17.5. The molecule has 17 heavy (non-hydrogen) atoms. The number of hydrogen-bond acceptors (Lipinski definition) is 1. The van der Waals surface area contributed by atoms with Crippen molar-refractivity contribution in [2.24, 2.45) is 5.41 Å². The second kappa shape index (κ2) is 5.52. The molecule has 0 heterocycles. The molecule has 1 aromatic rings. The average molecular weight is 235 g/mol. The maximum absolute atomic E-state index is 12.9. The summed E-state index contributed by atoms with van der Waals surface area (Å²) in [5.74, 6) is -0.169. The van der Waals surface area contributed by atoms with Crippen molar-refractivity contribution < 1.29 is 4.39 Å². The molecule has 1 aromatic carbocycles. The van der Waals surface area contributed by atoms with Crippen LogP contribution in [0.2, 0.25) is 0 Å². The van der Waals surface area contributed by atoms with Gasteiger partial charge in [-0.2, -0.15) is 0 Å². The number of benzene rings is 1. The fourth-order valence-corrected chi connectivity index (χ4v) is 2.54. The van der Waals surface area contributed by atoms with E-state index < -0.39 is 0 Å². The van der Waals surface area contributed by atoms with Gasteiger partial charge >= 0.3 is 0 Å². The van der Waals surface area contributed by atoms with Crippen LogP contribution in [-0.2, 0) is 0 Å². The standard InChI is InChI=1S/C15H22FN/c1-15(9-5-10-15)8-2-3-11-17-14-7-4-6-13(16)12-14/h4,6-7,12,17H,2-3,5,8-11H2,1H3. The summed E-state index contributed by atoms with van der Waals surface area (Å²) in [6.07, 6.45) is 8.02. The molecule has 2 heteroatoms. The number of hydrogen-bond donors (Lipinski definition) is 1. The fraction of sp³-hybridized carbons (Fsp3) is 0.600. The molecule has 0 unspecified atom stereocenters. The highest BCUT2D eigenvalue weighted by atomic mass is 19.1. The van der Waals surface area contributed by atoms with Gasteiger partial charge in [-0.25, -0.2) is 4.39 Å². The third-order valence-electron chi connectivity index (χ3n) is 3.92. The van der Waals surface area contributed by atoms with Gasteiger partial charge < -0.3 is 5.32 Å². The van der Waals surface area contributed by atoms with Gasteiger partial charge in [0, 0.05) is 12.2 Å². The molecule has 0 saturated heterocycles. The van der Waals surface area contributed by atoms with Crippen LogP contribution in [0.15, 0.2) is 24.3 Å². The largest absolute Gasteiger partial charge is 0.385 e. The van der Waals surface area contributed by atoms with Gasteiger partial charge in [-0.1, -0.05) is 25.8 Å². The molecule has 0 spiro atoms. The highest BCUT2D eigenvalue weighted by Gasteiger charge is 2.30. The minimum atomic E-state index is -0.169. The molecular formula is C15H22FN. The number of unbranched alkanes of at least 4 members (excludes halogenated alkanes) is 1. The Balaban J connectivity index is 1.60. The lowest BCUT2D eigenvalue weighted by Gasteiger charge is -2.38. The van der Waals surface area contributed by atoms with Crippen molar-refractivity contribution in [2.75, 3.05) is 11.9 Å². The number of nitrogens with one attached hydrogen (secondary N) is 1. The Labute approximate surface area is 103 Å². The number of anilines is 1. The minimum Gasteiger partial charge on any atom is -0.385 e. The van der Waals surface area contributed by atoms with E-state index in [1.54, 1.807) is 12.1 Å². The van der Waals surface area contributed by atoms with Gasteiger partial charge in [0.25, 0.3) is 0 Å². The molecule has 0 atom stereocenters. The summed E-state index contributed by atoms with van der Waals surface area (Å²) >= 11 is 0. The lowest BCUT2D eigenvalue weighted by molar-refractivity contribution is 0.142. The number of rotatable bonds is 6. The van der Waals surface area contributed by atoms with Gasteiger partial charge in [-0.15, -0.1) is 0 Å². The van der Waals surface area contributed by atoms with Crippen molar-refractivity contribution in [3.05, 3.63) is 30.1 Å². The third kappa shape index (κ3) is 3.72. The van der Waals surface area contributed by atoms with E-state index >= 15 is 0 Å². The highest BCUT2D eigenvalue weighted by molar-refractivity contribution is 5.42. The van der Waals surface area contributed by atoms with Crippen LogP contribution < -0.4 is 5.32 Å². The van der Waals surface area contributed by atoms with Crippen molar-refractivity contribution in [1.29, 1.82) is 0 Å². The van der Waals surface area contributed by atoms with E-state index in [0.717, 1.165) is 12.2 Å². The van der Waals surface area contributed by atoms with E-state index in [4.69, 9.17) is 0 Å². The van der Waals surface area contributed by atoms with Crippen LogP contribution in [0.25, 0.3) is 0 Å². The van der Waals surface area contributed by atoms with Crippen LogP contribution in [0.1, 0.15) is 45.4 Å². The first-order chi connectivity index (χ1) is 8.18. The highest BCUT2D eigenvalue weighted by Crippen LogP contribution is 2.44. The summed E-state index contributed by atoms with van der Waals surface area (Å²) in [5, 5.41) is 3.27. The zero-order valence-corrected chi connectivity index (χ0v) is 10.6. The van der Waals surface area contributed by atoms with Crippen LogP contribution in [-0.4, -0.2) is 6.54 Å². The first kappa shape index (κ1) is 12.4. The Hall–Kier alpha value is -1.05. The Morgan fingerprint density at radius 3 is 2.76 bits per heavy atom. The molecule has 1 nitrogen and oxygen atoms in total. The minimum absolute atomic E-state index is 0.169. The van der Waals surface area contributed by atoms with Crippen LogP contribution in [0.5, 0.6) is 0 Å². The second-order valence-electron chi connectivity index (χ2n) is 5.56. The Morgan fingerprint density at radius 1 is 1.29 bits per heavy atom. The third-order valence-corrected chi connectivity index (χ3v) is 3.92. The lowest BCUT2D eigenvalue weighted by atomic mass is 9.67. The van der Waals surface area contributed by atoms with Gasteiger partial charge in [-0.05, 0) is 49.3 Å². The van der Waals surface area contributed by atoms with Crippen LogP contribution in [0.4, 0.5) is 10.1 Å². The zero-order chi connectivity index (χ0) is 12.1. The molecule has 2 rings (SSSR count).